The zero-order valence-electron chi connectivity index (χ0n) is 21.9. The SMILES string of the molecule is CNC(=O)[C@H](C)N(Cc1ccc(F)cc1)C(=O)CN(c1ccc(Cl)cc1)S(=O)(=O)c1ccc(OC)c(OC)c1. The Morgan fingerprint density at radius 2 is 1.59 bits per heavy atom. The van der Waals surface area contributed by atoms with Crippen LogP contribution < -0.4 is 19.1 Å². The number of ether oxygens (including phenoxy) is 2. The standard InChI is InChI=1S/C27H29ClFN3O6S/c1-18(27(34)30-2)31(16-19-5-9-21(29)10-6-19)26(33)17-32(22-11-7-20(28)8-12-22)39(35,36)23-13-14-24(37-3)25(15-23)38-4/h5-15,18H,16-17H2,1-4H3,(H,30,34)/t18-/m0/s1. The lowest BCUT2D eigenvalue weighted by molar-refractivity contribution is -0.139. The van der Waals surface area contributed by atoms with Crippen molar-refractivity contribution in [2.45, 2.75) is 24.4 Å². The second-order valence-corrected chi connectivity index (χ2v) is 10.7. The fraction of sp³-hybridized carbons (Fsp3) is 0.259. The number of hydrogen-bond donors (Lipinski definition) is 1. The summed E-state index contributed by atoms with van der Waals surface area (Å²) in [5.41, 5.74) is 0.734. The molecule has 0 spiro atoms. The number of methoxy groups -OCH3 is 2. The number of anilines is 1. The normalized spacial score (nSPS) is 11.8. The van der Waals surface area contributed by atoms with E-state index in [9.17, 15) is 22.4 Å². The van der Waals surface area contributed by atoms with Gasteiger partial charge in [-0.25, -0.2) is 12.8 Å². The molecule has 0 unspecified atom stereocenters. The molecular formula is C27H29ClFN3O6S. The van der Waals surface area contributed by atoms with Crippen LogP contribution in [-0.2, 0) is 26.2 Å². The van der Waals surface area contributed by atoms with Gasteiger partial charge in [-0.15, -0.1) is 0 Å². The van der Waals surface area contributed by atoms with Crippen LogP contribution in [0.4, 0.5) is 10.1 Å². The molecule has 12 heteroatoms. The van der Waals surface area contributed by atoms with Gasteiger partial charge in [-0.05, 0) is 61.0 Å². The third-order valence-electron chi connectivity index (χ3n) is 6.02. The summed E-state index contributed by atoms with van der Waals surface area (Å²) in [6.45, 7) is 0.828. The van der Waals surface area contributed by atoms with E-state index in [-0.39, 0.29) is 22.9 Å². The van der Waals surface area contributed by atoms with Crippen LogP contribution >= 0.6 is 11.6 Å². The van der Waals surface area contributed by atoms with Gasteiger partial charge in [0.25, 0.3) is 10.0 Å². The highest BCUT2D eigenvalue weighted by Gasteiger charge is 2.32. The maximum atomic E-state index is 13.9. The predicted octanol–water partition coefficient (Wildman–Crippen LogP) is 3.85. The van der Waals surface area contributed by atoms with Crippen molar-refractivity contribution in [2.24, 2.45) is 0 Å². The molecule has 0 aromatic heterocycles. The van der Waals surface area contributed by atoms with Gasteiger partial charge in [0.05, 0.1) is 24.8 Å². The number of nitrogens with one attached hydrogen (secondary N) is 1. The number of benzene rings is 3. The maximum Gasteiger partial charge on any atom is 0.264 e. The quantitative estimate of drug-likeness (QED) is 0.371. The molecule has 0 radical (unpaired) electrons. The summed E-state index contributed by atoms with van der Waals surface area (Å²) in [6.07, 6.45) is 0. The Hall–Kier alpha value is -3.83. The maximum absolute atomic E-state index is 13.9. The van der Waals surface area contributed by atoms with E-state index >= 15 is 0 Å². The van der Waals surface area contributed by atoms with Crippen molar-refractivity contribution < 1.29 is 31.9 Å². The highest BCUT2D eigenvalue weighted by molar-refractivity contribution is 7.92. The van der Waals surface area contributed by atoms with E-state index in [2.05, 4.69) is 5.32 Å². The van der Waals surface area contributed by atoms with Crippen LogP contribution in [0, 0.1) is 5.82 Å². The Kier molecular flexibility index (Phi) is 9.76. The summed E-state index contributed by atoms with van der Waals surface area (Å²) >= 11 is 6.03. The van der Waals surface area contributed by atoms with E-state index in [1.165, 1.54) is 99.8 Å². The molecule has 0 heterocycles. The highest BCUT2D eigenvalue weighted by Crippen LogP contribution is 2.32. The Bertz CT molecular complexity index is 1420. The third-order valence-corrected chi connectivity index (χ3v) is 8.04. The second kappa shape index (κ2) is 12.8. The minimum absolute atomic E-state index is 0.0570. The van der Waals surface area contributed by atoms with Gasteiger partial charge in [0, 0.05) is 24.7 Å². The van der Waals surface area contributed by atoms with E-state index in [1.807, 2.05) is 0 Å². The largest absolute Gasteiger partial charge is 0.493 e. The molecule has 2 amide bonds. The molecule has 1 N–H and O–H groups in total. The fourth-order valence-corrected chi connectivity index (χ4v) is 5.37. The first-order valence-electron chi connectivity index (χ1n) is 11.8. The van der Waals surface area contributed by atoms with Gasteiger partial charge < -0.3 is 19.7 Å². The summed E-state index contributed by atoms with van der Waals surface area (Å²) in [5.74, 6) is -1.05. The molecule has 1 atom stereocenters. The van der Waals surface area contributed by atoms with Crippen LogP contribution in [-0.4, -0.2) is 59.0 Å². The van der Waals surface area contributed by atoms with Crippen molar-refractivity contribution in [3.05, 3.63) is 83.1 Å². The van der Waals surface area contributed by atoms with Crippen LogP contribution in [0.1, 0.15) is 12.5 Å². The first-order chi connectivity index (χ1) is 18.5. The molecule has 39 heavy (non-hydrogen) atoms. The van der Waals surface area contributed by atoms with Gasteiger partial charge in [0.15, 0.2) is 11.5 Å². The number of rotatable bonds is 11. The van der Waals surface area contributed by atoms with Crippen molar-refractivity contribution in [2.75, 3.05) is 32.1 Å². The van der Waals surface area contributed by atoms with E-state index in [1.54, 1.807) is 0 Å². The summed E-state index contributed by atoms with van der Waals surface area (Å²) in [5, 5.41) is 2.88. The Morgan fingerprint density at radius 3 is 2.15 bits per heavy atom. The van der Waals surface area contributed by atoms with E-state index in [0.717, 1.165) is 4.31 Å². The van der Waals surface area contributed by atoms with Crippen molar-refractivity contribution >= 4 is 39.1 Å². The fourth-order valence-electron chi connectivity index (χ4n) is 3.82. The van der Waals surface area contributed by atoms with Gasteiger partial charge >= 0.3 is 0 Å². The van der Waals surface area contributed by atoms with Crippen molar-refractivity contribution in [1.29, 1.82) is 0 Å². The summed E-state index contributed by atoms with van der Waals surface area (Å²) < 4.78 is 52.7. The number of sulfonamides is 1. The molecule has 3 aromatic rings. The number of carbonyl (C=O) groups excluding carboxylic acids is 2. The summed E-state index contributed by atoms with van der Waals surface area (Å²) in [4.78, 5) is 27.3. The number of hydrogen-bond acceptors (Lipinski definition) is 6. The number of carbonyl (C=O) groups is 2. The Balaban J connectivity index is 2.06. The van der Waals surface area contributed by atoms with Gasteiger partial charge in [-0.1, -0.05) is 23.7 Å². The minimum atomic E-state index is -4.33. The molecule has 208 valence electrons. The van der Waals surface area contributed by atoms with Crippen molar-refractivity contribution in [3.8, 4) is 11.5 Å². The Morgan fingerprint density at radius 1 is 0.974 bits per heavy atom. The van der Waals surface area contributed by atoms with Crippen molar-refractivity contribution in [3.63, 3.8) is 0 Å². The van der Waals surface area contributed by atoms with Crippen molar-refractivity contribution in [1.82, 2.24) is 10.2 Å². The monoisotopic (exact) mass is 577 g/mol. The van der Waals surface area contributed by atoms with Crippen LogP contribution in [0.15, 0.2) is 71.6 Å². The molecule has 0 aliphatic heterocycles. The zero-order valence-corrected chi connectivity index (χ0v) is 23.4. The average molecular weight is 578 g/mol. The number of amides is 2. The molecule has 0 bridgehead atoms. The minimum Gasteiger partial charge on any atom is -0.493 e. The topological polar surface area (TPSA) is 105 Å². The van der Waals surface area contributed by atoms with E-state index in [4.69, 9.17) is 21.1 Å². The molecule has 0 saturated carbocycles. The molecule has 3 rings (SSSR count). The van der Waals surface area contributed by atoms with Gasteiger partial charge in [-0.3, -0.25) is 13.9 Å². The third kappa shape index (κ3) is 6.98. The number of nitrogens with zero attached hydrogens (tertiary/aromatic N) is 2. The number of likely N-dealkylation sites (N-methyl/N-ethyl adjacent to an activating group) is 1. The van der Waals surface area contributed by atoms with Crippen LogP contribution in [0.3, 0.4) is 0 Å². The van der Waals surface area contributed by atoms with Gasteiger partial charge in [-0.2, -0.15) is 0 Å². The van der Waals surface area contributed by atoms with Gasteiger partial charge in [0.2, 0.25) is 11.8 Å². The smallest absolute Gasteiger partial charge is 0.264 e. The Labute approximate surface area is 232 Å². The molecular weight excluding hydrogens is 549 g/mol. The van der Waals surface area contributed by atoms with E-state index < -0.39 is 40.2 Å². The first-order valence-corrected chi connectivity index (χ1v) is 13.6. The molecule has 0 saturated heterocycles. The molecule has 3 aromatic carbocycles. The van der Waals surface area contributed by atoms with E-state index in [0.29, 0.717) is 16.3 Å². The van der Waals surface area contributed by atoms with Gasteiger partial charge in [0.1, 0.15) is 18.4 Å². The summed E-state index contributed by atoms with van der Waals surface area (Å²) in [6, 6.07) is 14.5. The molecule has 0 aliphatic rings. The van der Waals surface area contributed by atoms with Crippen LogP contribution in [0.2, 0.25) is 5.02 Å². The highest BCUT2D eigenvalue weighted by atomic mass is 35.5. The van der Waals surface area contributed by atoms with Crippen LogP contribution in [0.5, 0.6) is 11.5 Å². The average Bonchev–Trinajstić information content (AvgIpc) is 2.94. The predicted molar refractivity (Wildman–Crippen MR) is 146 cm³/mol. The molecule has 9 nitrogen and oxygen atoms in total. The molecule has 0 fully saturated rings. The lowest BCUT2D eigenvalue weighted by Crippen LogP contribution is -2.50. The number of halogens is 2. The lowest BCUT2D eigenvalue weighted by Gasteiger charge is -2.31. The lowest BCUT2D eigenvalue weighted by atomic mass is 10.1. The van der Waals surface area contributed by atoms with Crippen LogP contribution in [0.25, 0.3) is 0 Å². The molecule has 0 aliphatic carbocycles. The second-order valence-electron chi connectivity index (χ2n) is 8.44. The summed E-state index contributed by atoms with van der Waals surface area (Å²) in [7, 11) is -0.0927. The zero-order chi connectivity index (χ0) is 28.7. The first kappa shape index (κ1) is 29.7.